The molecule has 182 valence electrons. The largest absolute Gasteiger partial charge is 0.493 e. The summed E-state index contributed by atoms with van der Waals surface area (Å²) in [6.45, 7) is 2.03. The first-order chi connectivity index (χ1) is 17.0. The van der Waals surface area contributed by atoms with Crippen LogP contribution in [0.25, 0.3) is 0 Å². The number of ether oxygens (including phenoxy) is 3. The molecule has 0 saturated carbocycles. The molecule has 9 heteroatoms. The Morgan fingerprint density at radius 2 is 1.34 bits per heavy atom. The quantitative estimate of drug-likeness (QED) is 0.366. The molecule has 3 N–H and O–H groups in total. The van der Waals surface area contributed by atoms with Crippen LogP contribution < -0.4 is 30.4 Å². The lowest BCUT2D eigenvalue weighted by Gasteiger charge is -2.11. The van der Waals surface area contributed by atoms with Crippen LogP contribution in [0.1, 0.15) is 22.8 Å². The van der Waals surface area contributed by atoms with Crippen LogP contribution in [0.3, 0.4) is 0 Å². The number of rotatable bonds is 11. The molecule has 0 aliphatic rings. The Kier molecular flexibility index (Phi) is 9.50. The van der Waals surface area contributed by atoms with E-state index in [4.69, 9.17) is 14.2 Å². The van der Waals surface area contributed by atoms with Crippen molar-refractivity contribution in [3.05, 3.63) is 90.0 Å². The van der Waals surface area contributed by atoms with Gasteiger partial charge in [-0.15, -0.1) is 0 Å². The Morgan fingerprint density at radius 3 is 2.06 bits per heavy atom. The molecule has 0 aliphatic carbocycles. The van der Waals surface area contributed by atoms with Gasteiger partial charge in [-0.3, -0.25) is 25.2 Å². The number of hydrogen-bond donors (Lipinski definition) is 3. The lowest BCUT2D eigenvalue weighted by Crippen LogP contribution is -2.47. The van der Waals surface area contributed by atoms with Crippen molar-refractivity contribution in [3.63, 3.8) is 0 Å². The van der Waals surface area contributed by atoms with Gasteiger partial charge < -0.3 is 19.5 Å². The lowest BCUT2D eigenvalue weighted by molar-refractivity contribution is -0.129. The van der Waals surface area contributed by atoms with Gasteiger partial charge in [0.2, 0.25) is 0 Å². The number of hydrogen-bond acceptors (Lipinski definition) is 6. The number of nitrogens with one attached hydrogen (secondary N) is 3. The number of hydrazine groups is 1. The summed E-state index contributed by atoms with van der Waals surface area (Å²) in [7, 11) is 0. The van der Waals surface area contributed by atoms with Gasteiger partial charge in [-0.2, -0.15) is 0 Å². The maximum Gasteiger partial charge on any atom is 0.276 e. The molecule has 0 aliphatic heterocycles. The maximum atomic E-state index is 12.3. The normalized spacial score (nSPS) is 10.1. The van der Waals surface area contributed by atoms with E-state index < -0.39 is 17.7 Å². The molecule has 0 unspecified atom stereocenters. The van der Waals surface area contributed by atoms with Gasteiger partial charge in [-0.25, -0.2) is 0 Å². The third-order valence-electron chi connectivity index (χ3n) is 4.62. The fraction of sp³-hybridized carbons (Fsp3) is 0.192. The zero-order valence-corrected chi connectivity index (χ0v) is 19.3. The molecule has 0 atom stereocenters. The van der Waals surface area contributed by atoms with Crippen molar-refractivity contribution < 1.29 is 28.6 Å². The first-order valence-corrected chi connectivity index (χ1v) is 11.0. The summed E-state index contributed by atoms with van der Waals surface area (Å²) >= 11 is 0. The van der Waals surface area contributed by atoms with Gasteiger partial charge in [-0.1, -0.05) is 42.5 Å². The van der Waals surface area contributed by atoms with Gasteiger partial charge in [0.25, 0.3) is 17.7 Å². The summed E-state index contributed by atoms with van der Waals surface area (Å²) in [6.07, 6.45) is 0. The molecule has 0 fully saturated rings. The zero-order chi connectivity index (χ0) is 24.9. The van der Waals surface area contributed by atoms with Gasteiger partial charge in [-0.05, 0) is 48.9 Å². The van der Waals surface area contributed by atoms with E-state index in [1.165, 1.54) is 0 Å². The van der Waals surface area contributed by atoms with E-state index in [0.717, 1.165) is 5.56 Å². The van der Waals surface area contributed by atoms with Crippen LogP contribution in [0, 0.1) is 0 Å². The predicted molar refractivity (Wildman–Crippen MR) is 129 cm³/mol. The lowest BCUT2D eigenvalue weighted by atomic mass is 10.2. The summed E-state index contributed by atoms with van der Waals surface area (Å²) in [4.78, 5) is 36.2. The number of benzene rings is 3. The second-order valence-electron chi connectivity index (χ2n) is 7.24. The molecule has 0 saturated heterocycles. The van der Waals surface area contributed by atoms with Crippen molar-refractivity contribution >= 4 is 17.7 Å². The molecule has 3 aromatic carbocycles. The summed E-state index contributed by atoms with van der Waals surface area (Å²) in [5.41, 5.74) is 5.83. The summed E-state index contributed by atoms with van der Waals surface area (Å²) in [6, 6.07) is 23.4. The van der Waals surface area contributed by atoms with Gasteiger partial charge in [0.1, 0.15) is 23.9 Å². The summed E-state index contributed by atoms with van der Waals surface area (Å²) in [5, 5.41) is 2.48. The van der Waals surface area contributed by atoms with Crippen LogP contribution in [-0.2, 0) is 16.2 Å². The molecule has 3 aromatic rings. The monoisotopic (exact) mass is 477 g/mol. The average molecular weight is 478 g/mol. The molecular weight excluding hydrogens is 450 g/mol. The van der Waals surface area contributed by atoms with Crippen molar-refractivity contribution in [2.75, 3.05) is 19.8 Å². The summed E-state index contributed by atoms with van der Waals surface area (Å²) < 4.78 is 16.5. The highest BCUT2D eigenvalue weighted by Crippen LogP contribution is 2.19. The van der Waals surface area contributed by atoms with Gasteiger partial charge in [0.05, 0.1) is 18.7 Å². The molecule has 0 bridgehead atoms. The molecule has 0 spiro atoms. The van der Waals surface area contributed by atoms with E-state index in [0.29, 0.717) is 36.0 Å². The topological polar surface area (TPSA) is 115 Å². The van der Waals surface area contributed by atoms with Crippen molar-refractivity contribution in [3.8, 4) is 17.2 Å². The Morgan fingerprint density at radius 1 is 0.714 bits per heavy atom. The standard InChI is InChI=1S/C26H27N3O6/c1-2-33-23-11-7-6-10-22(23)26(32)27-16-24(30)28-29-25(31)18-35-21-14-12-20(13-15-21)34-17-19-8-4-3-5-9-19/h3-15H,2,16-18H2,1H3,(H,27,32)(H,28,30)(H,29,31). The van der Waals surface area contributed by atoms with E-state index >= 15 is 0 Å². The Hall–Kier alpha value is -4.53. The minimum absolute atomic E-state index is 0.307. The Labute approximate surface area is 203 Å². The van der Waals surface area contributed by atoms with Crippen LogP contribution in [0.2, 0.25) is 0 Å². The average Bonchev–Trinajstić information content (AvgIpc) is 2.90. The van der Waals surface area contributed by atoms with Crippen LogP contribution in [-0.4, -0.2) is 37.5 Å². The van der Waals surface area contributed by atoms with Crippen LogP contribution in [0.4, 0.5) is 0 Å². The molecule has 3 amide bonds. The third-order valence-corrected chi connectivity index (χ3v) is 4.62. The fourth-order valence-electron chi connectivity index (χ4n) is 2.93. The first-order valence-electron chi connectivity index (χ1n) is 11.0. The van der Waals surface area contributed by atoms with Crippen molar-refractivity contribution in [2.45, 2.75) is 13.5 Å². The molecule has 3 rings (SSSR count). The van der Waals surface area contributed by atoms with Crippen LogP contribution >= 0.6 is 0 Å². The van der Waals surface area contributed by atoms with Gasteiger partial charge in [0.15, 0.2) is 6.61 Å². The van der Waals surface area contributed by atoms with E-state index in [1.54, 1.807) is 48.5 Å². The van der Waals surface area contributed by atoms with E-state index in [9.17, 15) is 14.4 Å². The molecule has 35 heavy (non-hydrogen) atoms. The highest BCUT2D eigenvalue weighted by molar-refractivity contribution is 5.98. The van der Waals surface area contributed by atoms with Crippen LogP contribution in [0.5, 0.6) is 17.2 Å². The van der Waals surface area contributed by atoms with Crippen molar-refractivity contribution in [1.29, 1.82) is 0 Å². The molecule has 0 aromatic heterocycles. The number of carbonyl (C=O) groups is 3. The number of para-hydroxylation sites is 1. The number of carbonyl (C=O) groups excluding carboxylic acids is 3. The van der Waals surface area contributed by atoms with Crippen LogP contribution in [0.15, 0.2) is 78.9 Å². The van der Waals surface area contributed by atoms with E-state index in [1.807, 2.05) is 37.3 Å². The molecule has 0 heterocycles. The Bertz CT molecular complexity index is 1120. The minimum Gasteiger partial charge on any atom is -0.493 e. The highest BCUT2D eigenvalue weighted by Gasteiger charge is 2.13. The molecule has 9 nitrogen and oxygen atoms in total. The zero-order valence-electron chi connectivity index (χ0n) is 19.3. The van der Waals surface area contributed by atoms with Gasteiger partial charge >= 0.3 is 0 Å². The fourth-order valence-corrected chi connectivity index (χ4v) is 2.93. The first kappa shape index (κ1) is 25.1. The molecule has 0 radical (unpaired) electrons. The minimum atomic E-state index is -0.597. The number of amides is 3. The van der Waals surface area contributed by atoms with Gasteiger partial charge in [0, 0.05) is 0 Å². The third kappa shape index (κ3) is 8.39. The second-order valence-corrected chi connectivity index (χ2v) is 7.24. The summed E-state index contributed by atoms with van der Waals surface area (Å²) in [5.74, 6) is -0.0527. The van der Waals surface area contributed by atoms with E-state index in [-0.39, 0.29) is 13.2 Å². The van der Waals surface area contributed by atoms with Crippen molar-refractivity contribution in [1.82, 2.24) is 16.2 Å². The predicted octanol–water partition coefficient (Wildman–Crippen LogP) is 2.62. The smallest absolute Gasteiger partial charge is 0.276 e. The maximum absolute atomic E-state index is 12.3. The van der Waals surface area contributed by atoms with E-state index in [2.05, 4.69) is 16.2 Å². The molecular formula is C26H27N3O6. The Balaban J connectivity index is 1.34. The highest BCUT2D eigenvalue weighted by atomic mass is 16.5. The SMILES string of the molecule is CCOc1ccccc1C(=O)NCC(=O)NNC(=O)COc1ccc(OCc2ccccc2)cc1. The van der Waals surface area contributed by atoms with Crippen molar-refractivity contribution in [2.24, 2.45) is 0 Å². The second kappa shape index (κ2) is 13.2.